The van der Waals surface area contributed by atoms with Crippen molar-refractivity contribution in [2.75, 3.05) is 33.3 Å². The molecule has 3 rings (SSSR count). The number of methoxy groups -OCH3 is 1. The molecule has 0 spiro atoms. The first-order valence-electron chi connectivity index (χ1n) is 9.18. The van der Waals surface area contributed by atoms with E-state index >= 15 is 0 Å². The molecule has 2 N–H and O–H groups in total. The van der Waals surface area contributed by atoms with Crippen molar-refractivity contribution in [3.8, 4) is 0 Å². The summed E-state index contributed by atoms with van der Waals surface area (Å²) in [6.45, 7) is 2.98. The minimum absolute atomic E-state index is 0.0508. The Hall–Kier alpha value is -1.99. The summed E-state index contributed by atoms with van der Waals surface area (Å²) in [7, 11) is 1.38. The molecule has 6 nitrogen and oxygen atoms in total. The number of hydrogen-bond acceptors (Lipinski definition) is 5. The Balaban J connectivity index is 1.47. The summed E-state index contributed by atoms with van der Waals surface area (Å²) in [5.74, 6) is 0.248. The molecular formula is C19H26N3O3S+. The van der Waals surface area contributed by atoms with E-state index in [1.165, 1.54) is 21.7 Å². The Morgan fingerprint density at radius 1 is 1.38 bits per heavy atom. The molecular weight excluding hydrogens is 350 g/mol. The molecule has 1 aliphatic heterocycles. The fourth-order valence-electron chi connectivity index (χ4n) is 3.44. The van der Waals surface area contributed by atoms with E-state index < -0.39 is 0 Å². The maximum absolute atomic E-state index is 12.1. The van der Waals surface area contributed by atoms with Gasteiger partial charge in [0.25, 0.3) is 5.91 Å². The first kappa shape index (κ1) is 18.8. The molecule has 1 fully saturated rings. The molecule has 26 heavy (non-hydrogen) atoms. The molecule has 1 amide bonds. The van der Waals surface area contributed by atoms with E-state index in [1.54, 1.807) is 11.3 Å². The van der Waals surface area contributed by atoms with Crippen molar-refractivity contribution < 1.29 is 19.2 Å². The number of esters is 1. The van der Waals surface area contributed by atoms with Gasteiger partial charge in [-0.15, -0.1) is 11.3 Å². The van der Waals surface area contributed by atoms with E-state index in [2.05, 4.69) is 22.2 Å². The molecule has 1 unspecified atom stereocenters. The van der Waals surface area contributed by atoms with Crippen molar-refractivity contribution in [3.05, 3.63) is 29.3 Å². The van der Waals surface area contributed by atoms with Crippen molar-refractivity contribution >= 4 is 33.4 Å². The number of likely N-dealkylation sites (tertiary alicyclic amines) is 1. The van der Waals surface area contributed by atoms with Crippen LogP contribution in [0.4, 0.5) is 0 Å². The number of quaternary nitrogens is 1. The number of amides is 1. The Morgan fingerprint density at radius 3 is 3.04 bits per heavy atom. The van der Waals surface area contributed by atoms with Crippen LogP contribution in [0.3, 0.4) is 0 Å². The largest absolute Gasteiger partial charge is 0.469 e. The standard InChI is InChI=1S/C19H25N3O3S/c1-25-18(24)9-4-10-20-17(23)13-22-11-5-6-14(12-22)19-21-15-7-2-3-8-16(15)26-19/h2-3,7-8,14H,4-6,9-13H2,1H3,(H,20,23)/p+1/t14-/m0/s1. The number of para-hydroxylation sites is 1. The van der Waals surface area contributed by atoms with Crippen molar-refractivity contribution in [1.82, 2.24) is 10.3 Å². The number of carbonyl (C=O) groups is 2. The number of fused-ring (bicyclic) bond motifs is 1. The average molecular weight is 377 g/mol. The van der Waals surface area contributed by atoms with Crippen LogP contribution >= 0.6 is 11.3 Å². The molecule has 2 aromatic rings. The van der Waals surface area contributed by atoms with Gasteiger partial charge >= 0.3 is 5.97 Å². The number of rotatable bonds is 7. The number of thiazole rings is 1. The van der Waals surface area contributed by atoms with Crippen LogP contribution in [0.25, 0.3) is 10.2 Å². The highest BCUT2D eigenvalue weighted by Crippen LogP contribution is 2.30. The number of carbonyl (C=O) groups excluding carboxylic acids is 2. The molecule has 1 saturated heterocycles. The van der Waals surface area contributed by atoms with Crippen LogP contribution in [-0.4, -0.2) is 50.1 Å². The topological polar surface area (TPSA) is 72.7 Å². The summed E-state index contributed by atoms with van der Waals surface area (Å²) in [5.41, 5.74) is 1.07. The first-order chi connectivity index (χ1) is 12.7. The predicted octanol–water partition coefficient (Wildman–Crippen LogP) is 1.13. The van der Waals surface area contributed by atoms with Crippen LogP contribution in [0.2, 0.25) is 0 Å². The van der Waals surface area contributed by atoms with Gasteiger partial charge in [-0.25, -0.2) is 4.98 Å². The summed E-state index contributed by atoms with van der Waals surface area (Å²) in [4.78, 5) is 29.3. The van der Waals surface area contributed by atoms with Gasteiger partial charge in [-0.05, 0) is 31.4 Å². The van der Waals surface area contributed by atoms with Gasteiger partial charge in [-0.1, -0.05) is 12.1 Å². The highest BCUT2D eigenvalue weighted by molar-refractivity contribution is 7.18. The highest BCUT2D eigenvalue weighted by Gasteiger charge is 2.28. The Bertz CT molecular complexity index is 728. The van der Waals surface area contributed by atoms with E-state index in [0.717, 1.165) is 31.4 Å². The normalized spacial score (nSPS) is 20.0. The summed E-state index contributed by atoms with van der Waals surface area (Å²) in [6, 6.07) is 8.25. The van der Waals surface area contributed by atoms with Crippen LogP contribution < -0.4 is 10.2 Å². The lowest BCUT2D eigenvalue weighted by atomic mass is 9.99. The zero-order valence-electron chi connectivity index (χ0n) is 15.1. The number of aromatic nitrogens is 1. The monoisotopic (exact) mass is 376 g/mol. The second-order valence-corrected chi connectivity index (χ2v) is 7.83. The second kappa shape index (κ2) is 9.09. The van der Waals surface area contributed by atoms with Gasteiger partial charge < -0.3 is 15.0 Å². The molecule has 1 aliphatic rings. The van der Waals surface area contributed by atoms with Crippen molar-refractivity contribution in [3.63, 3.8) is 0 Å². The van der Waals surface area contributed by atoms with Crippen LogP contribution in [-0.2, 0) is 14.3 Å². The predicted molar refractivity (Wildman–Crippen MR) is 101 cm³/mol. The van der Waals surface area contributed by atoms with Crippen molar-refractivity contribution in [1.29, 1.82) is 0 Å². The molecule has 0 radical (unpaired) electrons. The SMILES string of the molecule is COC(=O)CCCNC(=O)C[NH+]1CCC[C@H](c2nc3ccccc3s2)C1. The maximum atomic E-state index is 12.1. The quantitative estimate of drug-likeness (QED) is 0.561. The Kier molecular flexibility index (Phi) is 6.57. The Morgan fingerprint density at radius 2 is 2.23 bits per heavy atom. The van der Waals surface area contributed by atoms with Crippen LogP contribution in [0, 0.1) is 0 Å². The first-order valence-corrected chi connectivity index (χ1v) is 10.00. The minimum Gasteiger partial charge on any atom is -0.469 e. The summed E-state index contributed by atoms with van der Waals surface area (Å²) in [5, 5.41) is 4.10. The molecule has 2 atom stereocenters. The summed E-state index contributed by atoms with van der Waals surface area (Å²) < 4.78 is 5.83. The lowest BCUT2D eigenvalue weighted by Gasteiger charge is -2.28. The van der Waals surface area contributed by atoms with Crippen LogP contribution in [0.1, 0.15) is 36.6 Å². The fourth-order valence-corrected chi connectivity index (χ4v) is 4.54. The molecule has 1 aromatic heterocycles. The van der Waals surface area contributed by atoms with E-state index in [9.17, 15) is 9.59 Å². The molecule has 2 heterocycles. The van der Waals surface area contributed by atoms with E-state index in [0.29, 0.717) is 31.8 Å². The van der Waals surface area contributed by atoms with Gasteiger partial charge in [0.1, 0.15) is 5.01 Å². The van der Waals surface area contributed by atoms with Gasteiger partial charge in [0.05, 0.1) is 36.3 Å². The smallest absolute Gasteiger partial charge is 0.305 e. The molecule has 0 saturated carbocycles. The van der Waals surface area contributed by atoms with Gasteiger partial charge in [-0.3, -0.25) is 9.59 Å². The third-order valence-electron chi connectivity index (χ3n) is 4.80. The third-order valence-corrected chi connectivity index (χ3v) is 5.99. The summed E-state index contributed by atoms with van der Waals surface area (Å²) in [6.07, 6.45) is 3.21. The summed E-state index contributed by atoms with van der Waals surface area (Å²) >= 11 is 1.78. The number of nitrogens with one attached hydrogen (secondary N) is 2. The van der Waals surface area contributed by atoms with E-state index in [-0.39, 0.29) is 11.9 Å². The molecule has 0 bridgehead atoms. The highest BCUT2D eigenvalue weighted by atomic mass is 32.1. The van der Waals surface area contributed by atoms with Gasteiger partial charge in [0.15, 0.2) is 6.54 Å². The zero-order chi connectivity index (χ0) is 18.4. The van der Waals surface area contributed by atoms with Crippen LogP contribution in [0.5, 0.6) is 0 Å². The zero-order valence-corrected chi connectivity index (χ0v) is 15.9. The van der Waals surface area contributed by atoms with Crippen LogP contribution in [0.15, 0.2) is 24.3 Å². The van der Waals surface area contributed by atoms with Gasteiger partial charge in [0.2, 0.25) is 0 Å². The molecule has 7 heteroatoms. The van der Waals surface area contributed by atoms with Crippen molar-refractivity contribution in [2.24, 2.45) is 0 Å². The molecule has 1 aromatic carbocycles. The second-order valence-electron chi connectivity index (χ2n) is 6.77. The maximum Gasteiger partial charge on any atom is 0.305 e. The molecule has 140 valence electrons. The number of ether oxygens (including phenoxy) is 1. The number of benzene rings is 1. The lowest BCUT2D eigenvalue weighted by Crippen LogP contribution is -3.14. The fraction of sp³-hybridized carbons (Fsp3) is 0.526. The Labute approximate surface area is 157 Å². The lowest BCUT2D eigenvalue weighted by molar-refractivity contribution is -0.898. The number of nitrogens with zero attached hydrogens (tertiary/aromatic N) is 1. The number of hydrogen-bond donors (Lipinski definition) is 2. The molecule has 0 aliphatic carbocycles. The average Bonchev–Trinajstić information content (AvgIpc) is 3.09. The van der Waals surface area contributed by atoms with Gasteiger partial charge in [0, 0.05) is 13.0 Å². The van der Waals surface area contributed by atoms with E-state index in [1.807, 2.05) is 12.1 Å². The third kappa shape index (κ3) is 5.02. The minimum atomic E-state index is -0.236. The van der Waals surface area contributed by atoms with Gasteiger partial charge in [-0.2, -0.15) is 0 Å². The van der Waals surface area contributed by atoms with E-state index in [4.69, 9.17) is 4.98 Å². The van der Waals surface area contributed by atoms with Crippen molar-refractivity contribution in [2.45, 2.75) is 31.6 Å². The number of piperidine rings is 1.